The van der Waals surface area contributed by atoms with Gasteiger partial charge in [-0.15, -0.1) is 0 Å². The minimum Gasteiger partial charge on any atom is -0.317 e. The van der Waals surface area contributed by atoms with Crippen LogP contribution in [0.15, 0.2) is 18.2 Å². The van der Waals surface area contributed by atoms with E-state index in [1.807, 2.05) is 0 Å². The van der Waals surface area contributed by atoms with Crippen LogP contribution in [-0.2, 0) is 11.8 Å². The second-order valence-electron chi connectivity index (χ2n) is 7.02. The van der Waals surface area contributed by atoms with Gasteiger partial charge in [0.25, 0.3) is 0 Å². The monoisotopic (exact) mass is 361 g/mol. The highest BCUT2D eigenvalue weighted by atomic mass is 19.2. The molecule has 1 aliphatic heterocycles. The lowest BCUT2D eigenvalue weighted by molar-refractivity contribution is -0.117. The van der Waals surface area contributed by atoms with Crippen LogP contribution in [0.25, 0.3) is 0 Å². The Bertz CT molecular complexity index is 831. The Hall–Kier alpha value is -2.35. The third-order valence-corrected chi connectivity index (χ3v) is 5.23. The summed E-state index contributed by atoms with van der Waals surface area (Å²) in [7, 11) is 1.74. The minimum absolute atomic E-state index is 0.231. The van der Waals surface area contributed by atoms with Crippen LogP contribution in [0.3, 0.4) is 0 Å². The first-order valence-corrected chi connectivity index (χ1v) is 8.91. The van der Waals surface area contributed by atoms with Gasteiger partial charge in [0.05, 0.1) is 0 Å². The van der Waals surface area contributed by atoms with Gasteiger partial charge in [-0.3, -0.25) is 10.1 Å². The molecule has 2 N–H and O–H groups in total. The predicted molar refractivity (Wildman–Crippen MR) is 91.7 cm³/mol. The third-order valence-electron chi connectivity index (χ3n) is 5.23. The number of carbonyl (C=O) groups excluding carboxylic acids is 1. The van der Waals surface area contributed by atoms with Crippen molar-refractivity contribution < 1.29 is 13.6 Å². The summed E-state index contributed by atoms with van der Waals surface area (Å²) < 4.78 is 28.8. The van der Waals surface area contributed by atoms with Crippen molar-refractivity contribution in [2.75, 3.05) is 18.4 Å². The molecule has 2 atom stereocenters. The summed E-state index contributed by atoms with van der Waals surface area (Å²) in [6.07, 6.45) is 2.45. The Morgan fingerprint density at radius 2 is 2.08 bits per heavy atom. The van der Waals surface area contributed by atoms with Crippen LogP contribution in [0.4, 0.5) is 14.7 Å². The smallest absolute Gasteiger partial charge is 0.230 e. The maximum absolute atomic E-state index is 13.9. The second-order valence-corrected chi connectivity index (χ2v) is 7.02. The highest BCUT2D eigenvalue weighted by Gasteiger charge is 2.46. The Morgan fingerprint density at radius 1 is 1.31 bits per heavy atom. The highest BCUT2D eigenvalue weighted by molar-refractivity contribution is 5.93. The quantitative estimate of drug-likeness (QED) is 0.877. The summed E-state index contributed by atoms with van der Waals surface area (Å²) in [5, 5.41) is 10.5. The van der Waals surface area contributed by atoms with Crippen LogP contribution in [0.1, 0.15) is 42.5 Å². The number of aryl methyl sites for hydroxylation is 1. The molecule has 2 unspecified atom stereocenters. The second kappa shape index (κ2) is 6.75. The zero-order chi connectivity index (χ0) is 18.3. The molecule has 0 radical (unpaired) electrons. The molecule has 138 valence electrons. The average Bonchev–Trinajstić information content (AvgIpc) is 3.36. The lowest BCUT2D eigenvalue weighted by Crippen LogP contribution is -2.27. The molecule has 6 nitrogen and oxygen atoms in total. The van der Waals surface area contributed by atoms with Gasteiger partial charge in [-0.05, 0) is 49.9 Å². The Morgan fingerprint density at radius 3 is 2.85 bits per heavy atom. The number of hydrogen-bond acceptors (Lipinski definition) is 4. The molecule has 2 heterocycles. The van der Waals surface area contributed by atoms with Gasteiger partial charge >= 0.3 is 0 Å². The Balaban J connectivity index is 1.43. The Labute approximate surface area is 150 Å². The molecule has 1 aromatic heterocycles. The van der Waals surface area contributed by atoms with Crippen LogP contribution in [0.2, 0.25) is 0 Å². The normalized spacial score (nSPS) is 23.0. The van der Waals surface area contributed by atoms with Gasteiger partial charge in [0.2, 0.25) is 11.9 Å². The molecule has 1 saturated heterocycles. The van der Waals surface area contributed by atoms with Gasteiger partial charge in [0.15, 0.2) is 17.5 Å². The number of hydrogen-bond donors (Lipinski definition) is 2. The molecule has 1 saturated carbocycles. The highest BCUT2D eigenvalue weighted by Crippen LogP contribution is 2.49. The average molecular weight is 361 g/mol. The van der Waals surface area contributed by atoms with E-state index in [1.54, 1.807) is 11.7 Å². The fourth-order valence-electron chi connectivity index (χ4n) is 3.60. The molecule has 2 aliphatic rings. The number of piperidine rings is 1. The van der Waals surface area contributed by atoms with Crippen molar-refractivity contribution in [3.63, 3.8) is 0 Å². The molecule has 26 heavy (non-hydrogen) atoms. The van der Waals surface area contributed by atoms with E-state index in [0.29, 0.717) is 18.3 Å². The molecule has 1 aliphatic carbocycles. The third kappa shape index (κ3) is 3.21. The number of nitrogens with one attached hydrogen (secondary N) is 2. The first-order valence-electron chi connectivity index (χ1n) is 8.91. The predicted octanol–water partition coefficient (Wildman–Crippen LogP) is 2.30. The van der Waals surface area contributed by atoms with Gasteiger partial charge < -0.3 is 5.32 Å². The number of anilines is 1. The van der Waals surface area contributed by atoms with Gasteiger partial charge in [-0.1, -0.05) is 12.1 Å². The number of rotatable bonds is 4. The van der Waals surface area contributed by atoms with Crippen molar-refractivity contribution in [2.45, 2.75) is 31.1 Å². The van der Waals surface area contributed by atoms with Crippen molar-refractivity contribution in [1.82, 2.24) is 20.1 Å². The Kier molecular flexibility index (Phi) is 4.44. The molecule has 0 spiro atoms. The summed E-state index contributed by atoms with van der Waals surface area (Å²) in [6.45, 7) is 1.88. The van der Waals surface area contributed by atoms with Crippen molar-refractivity contribution in [3.05, 3.63) is 41.2 Å². The molecule has 2 fully saturated rings. The first-order chi connectivity index (χ1) is 12.5. The molecule has 1 aromatic carbocycles. The number of nitrogens with zero attached hydrogens (tertiary/aromatic N) is 3. The number of benzene rings is 1. The molecule has 8 heteroatoms. The summed E-state index contributed by atoms with van der Waals surface area (Å²) in [4.78, 5) is 16.9. The standard InChI is InChI=1S/C18H21F2N5O/c1-25-18(22-16(24-25)10-5-7-21-8-6-10)23-17(26)13-9-12(13)11-3-2-4-14(19)15(11)20/h2-4,10,12-13,21H,5-9H2,1H3,(H,22,23,24,26). The number of aromatic nitrogens is 3. The molecular weight excluding hydrogens is 340 g/mol. The summed E-state index contributed by atoms with van der Waals surface area (Å²) in [5.41, 5.74) is 0.263. The summed E-state index contributed by atoms with van der Waals surface area (Å²) in [6, 6.07) is 4.08. The van der Waals surface area contributed by atoms with E-state index in [9.17, 15) is 13.6 Å². The maximum Gasteiger partial charge on any atom is 0.230 e. The molecule has 1 amide bonds. The van der Waals surface area contributed by atoms with E-state index >= 15 is 0 Å². The van der Waals surface area contributed by atoms with E-state index in [-0.39, 0.29) is 23.3 Å². The molecule has 0 bridgehead atoms. The largest absolute Gasteiger partial charge is 0.317 e. The minimum atomic E-state index is -0.881. The zero-order valence-corrected chi connectivity index (χ0v) is 14.5. The van der Waals surface area contributed by atoms with E-state index in [0.717, 1.165) is 37.8 Å². The van der Waals surface area contributed by atoms with E-state index in [4.69, 9.17) is 0 Å². The van der Waals surface area contributed by atoms with E-state index in [2.05, 4.69) is 20.7 Å². The number of halogens is 2. The summed E-state index contributed by atoms with van der Waals surface area (Å²) in [5.74, 6) is -1.20. The maximum atomic E-state index is 13.9. The number of amides is 1. The van der Waals surface area contributed by atoms with Gasteiger partial charge in [-0.25, -0.2) is 13.5 Å². The first kappa shape index (κ1) is 17.1. The van der Waals surface area contributed by atoms with Gasteiger partial charge in [0, 0.05) is 18.9 Å². The van der Waals surface area contributed by atoms with Gasteiger partial charge in [0.1, 0.15) is 0 Å². The molecular formula is C18H21F2N5O. The van der Waals surface area contributed by atoms with Crippen molar-refractivity contribution in [2.24, 2.45) is 13.0 Å². The van der Waals surface area contributed by atoms with Crippen LogP contribution in [0, 0.1) is 17.6 Å². The van der Waals surface area contributed by atoms with Crippen LogP contribution < -0.4 is 10.6 Å². The van der Waals surface area contributed by atoms with Crippen molar-refractivity contribution >= 4 is 11.9 Å². The zero-order valence-electron chi connectivity index (χ0n) is 14.5. The lowest BCUT2D eigenvalue weighted by atomic mass is 9.98. The van der Waals surface area contributed by atoms with Crippen molar-refractivity contribution in [3.8, 4) is 0 Å². The van der Waals surface area contributed by atoms with Gasteiger partial charge in [-0.2, -0.15) is 10.1 Å². The van der Waals surface area contributed by atoms with Crippen LogP contribution in [0.5, 0.6) is 0 Å². The van der Waals surface area contributed by atoms with Crippen LogP contribution >= 0.6 is 0 Å². The fourth-order valence-corrected chi connectivity index (χ4v) is 3.60. The summed E-state index contributed by atoms with van der Waals surface area (Å²) >= 11 is 0. The topological polar surface area (TPSA) is 71.8 Å². The fraction of sp³-hybridized carbons (Fsp3) is 0.500. The molecule has 4 rings (SSSR count). The lowest BCUT2D eigenvalue weighted by Gasteiger charge is -2.19. The number of carbonyl (C=O) groups is 1. The molecule has 2 aromatic rings. The van der Waals surface area contributed by atoms with Crippen LogP contribution in [-0.4, -0.2) is 33.8 Å². The van der Waals surface area contributed by atoms with E-state index < -0.39 is 11.6 Å². The van der Waals surface area contributed by atoms with Crippen molar-refractivity contribution in [1.29, 1.82) is 0 Å². The SMILES string of the molecule is Cn1nc(C2CCNCC2)nc1NC(=O)C1CC1c1cccc(F)c1F. The van der Waals surface area contributed by atoms with E-state index in [1.165, 1.54) is 12.1 Å².